The Morgan fingerprint density at radius 2 is 1.45 bits per heavy atom. The van der Waals surface area contributed by atoms with Crippen molar-refractivity contribution in [2.24, 2.45) is 0 Å². The quantitative estimate of drug-likeness (QED) is 0.682. The van der Waals surface area contributed by atoms with E-state index in [0.717, 1.165) is 22.8 Å². The van der Waals surface area contributed by atoms with Gasteiger partial charge in [-0.05, 0) is 41.0 Å². The van der Waals surface area contributed by atoms with Crippen LogP contribution in [0.2, 0.25) is 0 Å². The molecule has 0 unspecified atom stereocenters. The van der Waals surface area contributed by atoms with Gasteiger partial charge in [-0.2, -0.15) is 0 Å². The van der Waals surface area contributed by atoms with Crippen LogP contribution in [0.5, 0.6) is 5.75 Å². The first kappa shape index (κ1) is 12.7. The SMILES string of the molecule is CCc1c(-c2ccccc2)c(C)c(O)c2ccccc12. The first-order chi connectivity index (χ1) is 9.74. The van der Waals surface area contributed by atoms with E-state index in [4.69, 9.17) is 0 Å². The molecule has 0 fully saturated rings. The molecule has 20 heavy (non-hydrogen) atoms. The molecule has 1 N–H and O–H groups in total. The molecule has 1 heteroatoms. The minimum absolute atomic E-state index is 0.400. The third-order valence-corrected chi connectivity index (χ3v) is 3.96. The number of aromatic hydroxyl groups is 1. The summed E-state index contributed by atoms with van der Waals surface area (Å²) in [6, 6.07) is 18.4. The van der Waals surface area contributed by atoms with E-state index in [9.17, 15) is 5.11 Å². The van der Waals surface area contributed by atoms with Crippen LogP contribution < -0.4 is 0 Å². The van der Waals surface area contributed by atoms with Crippen LogP contribution >= 0.6 is 0 Å². The van der Waals surface area contributed by atoms with Crippen molar-refractivity contribution in [3.8, 4) is 16.9 Å². The molecule has 0 bridgehead atoms. The minimum Gasteiger partial charge on any atom is -0.507 e. The van der Waals surface area contributed by atoms with Gasteiger partial charge in [0, 0.05) is 5.39 Å². The Balaban J connectivity index is 2.46. The lowest BCUT2D eigenvalue weighted by Crippen LogP contribution is -1.95. The van der Waals surface area contributed by atoms with Crippen LogP contribution in [-0.2, 0) is 6.42 Å². The number of benzene rings is 3. The van der Waals surface area contributed by atoms with Crippen molar-refractivity contribution in [2.45, 2.75) is 20.3 Å². The van der Waals surface area contributed by atoms with Crippen LogP contribution in [0.3, 0.4) is 0 Å². The van der Waals surface area contributed by atoms with E-state index >= 15 is 0 Å². The molecule has 0 aliphatic heterocycles. The van der Waals surface area contributed by atoms with Gasteiger partial charge < -0.3 is 5.11 Å². The molecule has 0 saturated carbocycles. The first-order valence-electron chi connectivity index (χ1n) is 7.02. The summed E-state index contributed by atoms with van der Waals surface area (Å²) in [5.74, 6) is 0.400. The van der Waals surface area contributed by atoms with Gasteiger partial charge in [-0.15, -0.1) is 0 Å². The maximum absolute atomic E-state index is 10.5. The molecule has 0 aliphatic rings. The predicted octanol–water partition coefficient (Wildman–Crippen LogP) is 5.08. The second-order valence-corrected chi connectivity index (χ2v) is 5.09. The van der Waals surface area contributed by atoms with E-state index in [-0.39, 0.29) is 0 Å². The summed E-state index contributed by atoms with van der Waals surface area (Å²) < 4.78 is 0. The maximum Gasteiger partial charge on any atom is 0.126 e. The molecule has 3 aromatic rings. The number of phenols is 1. The number of aryl methyl sites for hydroxylation is 1. The standard InChI is InChI=1S/C19H18O/c1-3-15-16-11-7-8-12-17(16)19(20)13(2)18(15)14-9-5-4-6-10-14/h4-12,20H,3H2,1-2H3. The fraction of sp³-hybridized carbons (Fsp3) is 0.158. The Bertz CT molecular complexity index is 758. The Morgan fingerprint density at radius 3 is 2.10 bits per heavy atom. The zero-order valence-electron chi connectivity index (χ0n) is 11.9. The van der Waals surface area contributed by atoms with Gasteiger partial charge >= 0.3 is 0 Å². The highest BCUT2D eigenvalue weighted by Gasteiger charge is 2.16. The number of hydrogen-bond donors (Lipinski definition) is 1. The summed E-state index contributed by atoms with van der Waals surface area (Å²) in [7, 11) is 0. The van der Waals surface area contributed by atoms with E-state index in [0.29, 0.717) is 5.75 Å². The van der Waals surface area contributed by atoms with Gasteiger partial charge in [0.1, 0.15) is 5.75 Å². The normalized spacial score (nSPS) is 10.9. The highest BCUT2D eigenvalue weighted by atomic mass is 16.3. The van der Waals surface area contributed by atoms with Crippen molar-refractivity contribution >= 4 is 10.8 Å². The maximum atomic E-state index is 10.5. The van der Waals surface area contributed by atoms with Crippen LogP contribution in [0, 0.1) is 6.92 Å². The topological polar surface area (TPSA) is 20.2 Å². The van der Waals surface area contributed by atoms with Crippen molar-refractivity contribution in [3.63, 3.8) is 0 Å². The average Bonchev–Trinajstić information content (AvgIpc) is 2.51. The van der Waals surface area contributed by atoms with Crippen LogP contribution in [0.1, 0.15) is 18.1 Å². The Kier molecular flexibility index (Phi) is 3.19. The molecule has 0 aliphatic carbocycles. The van der Waals surface area contributed by atoms with E-state index in [1.165, 1.54) is 16.7 Å². The second-order valence-electron chi connectivity index (χ2n) is 5.09. The van der Waals surface area contributed by atoms with Crippen LogP contribution in [0.4, 0.5) is 0 Å². The van der Waals surface area contributed by atoms with Crippen molar-refractivity contribution in [2.75, 3.05) is 0 Å². The molecule has 0 aromatic heterocycles. The van der Waals surface area contributed by atoms with Gasteiger partial charge in [-0.3, -0.25) is 0 Å². The first-order valence-corrected chi connectivity index (χ1v) is 7.02. The van der Waals surface area contributed by atoms with Gasteiger partial charge in [-0.25, -0.2) is 0 Å². The third-order valence-electron chi connectivity index (χ3n) is 3.96. The van der Waals surface area contributed by atoms with Crippen LogP contribution in [0.15, 0.2) is 54.6 Å². The lowest BCUT2D eigenvalue weighted by molar-refractivity contribution is 0.477. The van der Waals surface area contributed by atoms with Crippen LogP contribution in [0.25, 0.3) is 21.9 Å². The predicted molar refractivity (Wildman–Crippen MR) is 85.2 cm³/mol. The number of hydrogen-bond acceptors (Lipinski definition) is 1. The van der Waals surface area contributed by atoms with Crippen molar-refractivity contribution in [1.29, 1.82) is 0 Å². The molecular formula is C19H18O. The van der Waals surface area contributed by atoms with Gasteiger partial charge in [0.25, 0.3) is 0 Å². The van der Waals surface area contributed by atoms with Gasteiger partial charge in [0.05, 0.1) is 0 Å². The highest BCUT2D eigenvalue weighted by Crippen LogP contribution is 2.40. The summed E-state index contributed by atoms with van der Waals surface area (Å²) in [6.45, 7) is 4.17. The van der Waals surface area contributed by atoms with E-state index < -0.39 is 0 Å². The Morgan fingerprint density at radius 1 is 0.850 bits per heavy atom. The summed E-state index contributed by atoms with van der Waals surface area (Å²) in [5.41, 5.74) is 4.61. The zero-order valence-corrected chi connectivity index (χ0v) is 11.9. The number of fused-ring (bicyclic) bond motifs is 1. The third kappa shape index (κ3) is 1.87. The van der Waals surface area contributed by atoms with Crippen molar-refractivity contribution < 1.29 is 5.11 Å². The lowest BCUT2D eigenvalue weighted by Gasteiger charge is -2.17. The number of rotatable bonds is 2. The Labute approximate surface area is 119 Å². The molecule has 0 spiro atoms. The average molecular weight is 262 g/mol. The van der Waals surface area contributed by atoms with Gasteiger partial charge in [0.15, 0.2) is 0 Å². The van der Waals surface area contributed by atoms with E-state index in [1.54, 1.807) is 0 Å². The lowest BCUT2D eigenvalue weighted by atomic mass is 9.88. The zero-order chi connectivity index (χ0) is 14.1. The molecule has 3 aromatic carbocycles. The Hall–Kier alpha value is -2.28. The second kappa shape index (κ2) is 5.01. The summed E-state index contributed by atoms with van der Waals surface area (Å²) in [5, 5.41) is 12.6. The molecule has 0 saturated heterocycles. The monoisotopic (exact) mass is 262 g/mol. The van der Waals surface area contributed by atoms with Crippen LogP contribution in [-0.4, -0.2) is 5.11 Å². The van der Waals surface area contributed by atoms with Gasteiger partial charge in [-0.1, -0.05) is 61.5 Å². The molecule has 0 atom stereocenters. The smallest absolute Gasteiger partial charge is 0.126 e. The fourth-order valence-corrected chi connectivity index (χ4v) is 3.00. The molecule has 1 nitrogen and oxygen atoms in total. The van der Waals surface area contributed by atoms with Gasteiger partial charge in [0.2, 0.25) is 0 Å². The molecule has 0 amide bonds. The van der Waals surface area contributed by atoms with E-state index in [1.807, 2.05) is 43.3 Å². The minimum atomic E-state index is 0.400. The molecule has 0 heterocycles. The highest BCUT2D eigenvalue weighted by molar-refractivity contribution is 5.98. The number of phenolic OH excluding ortho intramolecular Hbond substituents is 1. The molecule has 0 radical (unpaired) electrons. The largest absolute Gasteiger partial charge is 0.507 e. The molecular weight excluding hydrogens is 244 g/mol. The summed E-state index contributed by atoms with van der Waals surface area (Å²) >= 11 is 0. The van der Waals surface area contributed by atoms with E-state index in [2.05, 4.69) is 25.1 Å². The molecule has 3 rings (SSSR count). The fourth-order valence-electron chi connectivity index (χ4n) is 3.00. The molecule has 100 valence electrons. The summed E-state index contributed by atoms with van der Waals surface area (Å²) in [6.07, 6.45) is 0.950. The summed E-state index contributed by atoms with van der Waals surface area (Å²) in [4.78, 5) is 0. The van der Waals surface area contributed by atoms with Crippen molar-refractivity contribution in [1.82, 2.24) is 0 Å². The van der Waals surface area contributed by atoms with Crippen molar-refractivity contribution in [3.05, 3.63) is 65.7 Å².